The standard InChI is InChI=1S/C3H7NO2S.CH3NOS/c1-2-6-4-3(5)7;2-1(3)4/h2H2,1H3,(H2,4,5,7);(H3,2,3,4). The van der Waals surface area contributed by atoms with Crippen LogP contribution >= 0.6 is 25.3 Å². The van der Waals surface area contributed by atoms with E-state index in [1.165, 1.54) is 0 Å². The highest BCUT2D eigenvalue weighted by Crippen LogP contribution is 1.73. The Labute approximate surface area is 75.4 Å². The third kappa shape index (κ3) is 42.8. The zero-order valence-corrected chi connectivity index (χ0v) is 7.69. The zero-order chi connectivity index (χ0) is 9.28. The molecular formula is C4H10N2O3S2. The molecule has 0 radical (unpaired) electrons. The minimum atomic E-state index is -0.639. The van der Waals surface area contributed by atoms with E-state index in [4.69, 9.17) is 4.79 Å². The first-order valence-corrected chi connectivity index (χ1v) is 3.49. The summed E-state index contributed by atoms with van der Waals surface area (Å²) in [6.45, 7) is 2.23. The maximum absolute atomic E-state index is 9.83. The summed E-state index contributed by atoms with van der Waals surface area (Å²) in [5, 5.41) is -1.11. The number of carbonyl (C=O) groups is 2. The number of hydrogen-bond donors (Lipinski definition) is 4. The van der Waals surface area contributed by atoms with Gasteiger partial charge in [0.1, 0.15) is 0 Å². The number of amides is 2. The summed E-state index contributed by atoms with van der Waals surface area (Å²) in [5.41, 5.74) is 6.36. The van der Waals surface area contributed by atoms with Gasteiger partial charge in [-0.05, 0) is 6.92 Å². The molecule has 0 aromatic carbocycles. The number of rotatable bonds is 2. The van der Waals surface area contributed by atoms with Crippen molar-refractivity contribution in [3.8, 4) is 0 Å². The highest BCUT2D eigenvalue weighted by molar-refractivity contribution is 7.96. The second-order valence-electron chi connectivity index (χ2n) is 1.18. The Balaban J connectivity index is 0. The van der Waals surface area contributed by atoms with Gasteiger partial charge >= 0.3 is 0 Å². The molecule has 7 heteroatoms. The van der Waals surface area contributed by atoms with Crippen molar-refractivity contribution in [2.45, 2.75) is 6.92 Å². The monoisotopic (exact) mass is 198 g/mol. The van der Waals surface area contributed by atoms with Crippen LogP contribution in [0, 0.1) is 0 Å². The summed E-state index contributed by atoms with van der Waals surface area (Å²) >= 11 is 6.46. The van der Waals surface area contributed by atoms with Gasteiger partial charge in [-0.1, -0.05) is 25.3 Å². The van der Waals surface area contributed by atoms with Gasteiger partial charge in [-0.2, -0.15) is 0 Å². The third-order valence-corrected chi connectivity index (χ3v) is 0.395. The first-order chi connectivity index (χ1) is 5.00. The minimum Gasteiger partial charge on any atom is -0.361 e. The van der Waals surface area contributed by atoms with Gasteiger partial charge in [0.15, 0.2) is 0 Å². The molecule has 0 saturated heterocycles. The molecule has 0 aromatic rings. The summed E-state index contributed by atoms with van der Waals surface area (Å²) < 4.78 is 0. The molecular weight excluding hydrogens is 188 g/mol. The summed E-state index contributed by atoms with van der Waals surface area (Å²) in [6, 6.07) is 0. The number of nitrogens with one attached hydrogen (secondary N) is 1. The van der Waals surface area contributed by atoms with Gasteiger partial charge < -0.3 is 5.73 Å². The molecule has 0 saturated carbocycles. The van der Waals surface area contributed by atoms with Crippen molar-refractivity contribution in [3.63, 3.8) is 0 Å². The lowest BCUT2D eigenvalue weighted by molar-refractivity contribution is 0.0806. The predicted molar refractivity (Wildman–Crippen MR) is 47.7 cm³/mol. The van der Waals surface area contributed by atoms with E-state index < -0.39 is 10.5 Å². The van der Waals surface area contributed by atoms with Crippen LogP contribution in [0.5, 0.6) is 0 Å². The molecule has 0 aliphatic carbocycles. The van der Waals surface area contributed by atoms with Crippen LogP contribution in [0.25, 0.3) is 0 Å². The van der Waals surface area contributed by atoms with Crippen molar-refractivity contribution in [1.82, 2.24) is 5.48 Å². The van der Waals surface area contributed by atoms with E-state index in [-0.39, 0.29) is 0 Å². The van der Waals surface area contributed by atoms with Crippen LogP contribution in [0.4, 0.5) is 9.59 Å². The molecule has 66 valence electrons. The van der Waals surface area contributed by atoms with Gasteiger partial charge in [-0.15, -0.1) is 0 Å². The Hall–Kier alpha value is -0.400. The van der Waals surface area contributed by atoms with E-state index in [1.807, 2.05) is 5.48 Å². The lowest BCUT2D eigenvalue weighted by atomic mass is 10.9. The smallest absolute Gasteiger partial charge is 0.299 e. The summed E-state index contributed by atoms with van der Waals surface area (Å²) in [4.78, 5) is 23.3. The molecule has 0 atom stereocenters. The summed E-state index contributed by atoms with van der Waals surface area (Å²) in [6.07, 6.45) is 0. The number of hydrogen-bond acceptors (Lipinski definition) is 3. The third-order valence-electron chi connectivity index (χ3n) is 0.304. The Morgan fingerprint density at radius 3 is 2.00 bits per heavy atom. The van der Waals surface area contributed by atoms with Gasteiger partial charge in [-0.25, -0.2) is 5.48 Å². The van der Waals surface area contributed by atoms with Crippen LogP contribution in [0.3, 0.4) is 0 Å². The highest BCUT2D eigenvalue weighted by Gasteiger charge is 1.84. The molecule has 2 amide bonds. The van der Waals surface area contributed by atoms with Crippen molar-refractivity contribution in [2.24, 2.45) is 5.73 Å². The second kappa shape index (κ2) is 9.60. The van der Waals surface area contributed by atoms with Crippen LogP contribution in [-0.2, 0) is 4.84 Å². The normalized spacial score (nSPS) is 7.55. The SMILES string of the molecule is CCONC(=O)S.NC(=O)S. The second-order valence-corrected chi connectivity index (χ2v) is 2.03. The largest absolute Gasteiger partial charge is 0.361 e. The van der Waals surface area contributed by atoms with E-state index in [1.54, 1.807) is 6.92 Å². The first-order valence-electron chi connectivity index (χ1n) is 2.59. The molecule has 0 spiro atoms. The predicted octanol–water partition coefficient (Wildman–Crippen LogP) is 0.572. The lowest BCUT2D eigenvalue weighted by Crippen LogP contribution is -2.16. The van der Waals surface area contributed by atoms with Gasteiger partial charge in [0.2, 0.25) is 0 Å². The van der Waals surface area contributed by atoms with E-state index >= 15 is 0 Å². The zero-order valence-electron chi connectivity index (χ0n) is 5.90. The number of nitrogens with two attached hydrogens (primary N) is 1. The quantitative estimate of drug-likeness (QED) is 0.387. The maximum atomic E-state index is 9.83. The van der Waals surface area contributed by atoms with Gasteiger partial charge in [0, 0.05) is 0 Å². The van der Waals surface area contributed by atoms with Crippen LogP contribution in [0.15, 0.2) is 0 Å². The van der Waals surface area contributed by atoms with Crippen molar-refractivity contribution < 1.29 is 14.4 Å². The Bertz CT molecular complexity index is 127. The summed E-state index contributed by atoms with van der Waals surface area (Å²) in [7, 11) is 0. The molecule has 0 heterocycles. The molecule has 0 aliphatic heterocycles. The van der Waals surface area contributed by atoms with Crippen molar-refractivity contribution in [1.29, 1.82) is 0 Å². The highest BCUT2D eigenvalue weighted by atomic mass is 32.1. The Kier molecular flexibility index (Phi) is 11.5. The van der Waals surface area contributed by atoms with E-state index in [0.29, 0.717) is 6.61 Å². The molecule has 0 rings (SSSR count). The molecule has 0 unspecified atom stereocenters. The molecule has 0 fully saturated rings. The molecule has 5 nitrogen and oxygen atoms in total. The van der Waals surface area contributed by atoms with E-state index in [2.05, 4.69) is 35.8 Å². The summed E-state index contributed by atoms with van der Waals surface area (Å²) in [5.74, 6) is 0. The van der Waals surface area contributed by atoms with Gasteiger partial charge in [0.05, 0.1) is 6.61 Å². The van der Waals surface area contributed by atoms with Crippen molar-refractivity contribution in [3.05, 3.63) is 0 Å². The molecule has 11 heavy (non-hydrogen) atoms. The van der Waals surface area contributed by atoms with Crippen LogP contribution in [0.1, 0.15) is 6.92 Å². The fourth-order valence-electron chi connectivity index (χ4n) is 0.134. The average molecular weight is 198 g/mol. The first kappa shape index (κ1) is 13.2. The molecule has 0 bridgehead atoms. The van der Waals surface area contributed by atoms with Crippen LogP contribution < -0.4 is 11.2 Å². The van der Waals surface area contributed by atoms with E-state index in [9.17, 15) is 4.79 Å². The lowest BCUT2D eigenvalue weighted by Gasteiger charge is -1.94. The molecule has 0 aliphatic rings. The molecule has 0 aromatic heterocycles. The van der Waals surface area contributed by atoms with Crippen LogP contribution in [-0.4, -0.2) is 17.1 Å². The maximum Gasteiger partial charge on any atom is 0.299 e. The number of primary amides is 1. The van der Waals surface area contributed by atoms with Crippen LogP contribution in [0.2, 0.25) is 0 Å². The minimum absolute atomic E-state index is 0.465. The van der Waals surface area contributed by atoms with Crippen molar-refractivity contribution in [2.75, 3.05) is 6.61 Å². The average Bonchev–Trinajstić information content (AvgIpc) is 1.82. The van der Waals surface area contributed by atoms with Gasteiger partial charge in [-0.3, -0.25) is 14.4 Å². The number of thiol groups is 2. The fourth-order valence-corrected chi connectivity index (χ4v) is 0.198. The number of hydroxylamine groups is 1. The number of carbonyl (C=O) groups excluding carboxylic acids is 2. The molecule has 3 N–H and O–H groups in total. The van der Waals surface area contributed by atoms with E-state index in [0.717, 1.165) is 0 Å². The Morgan fingerprint density at radius 2 is 1.91 bits per heavy atom. The Morgan fingerprint density at radius 1 is 1.55 bits per heavy atom. The fraction of sp³-hybridized carbons (Fsp3) is 0.500. The van der Waals surface area contributed by atoms with Gasteiger partial charge in [0.25, 0.3) is 10.5 Å². The van der Waals surface area contributed by atoms with Crippen molar-refractivity contribution >= 4 is 35.7 Å². The topological polar surface area (TPSA) is 81.4 Å².